The Morgan fingerprint density at radius 3 is 3.00 bits per heavy atom. The van der Waals surface area contributed by atoms with Crippen LogP contribution in [0.4, 0.5) is 5.82 Å². The van der Waals surface area contributed by atoms with Crippen LogP contribution in [0.2, 0.25) is 0 Å². The van der Waals surface area contributed by atoms with Crippen LogP contribution in [-0.2, 0) is 0 Å². The normalized spacial score (nSPS) is 13.6. The second-order valence-electron chi connectivity index (χ2n) is 3.91. The monoisotopic (exact) mass is 261 g/mol. The molecule has 0 saturated heterocycles. The highest BCUT2D eigenvalue weighted by molar-refractivity contribution is 5.77. The van der Waals surface area contributed by atoms with E-state index in [2.05, 4.69) is 15.3 Å². The van der Waals surface area contributed by atoms with Crippen molar-refractivity contribution in [2.24, 2.45) is 0 Å². The minimum atomic E-state index is -2.28. The Kier molecular flexibility index (Phi) is 2.07. The van der Waals surface area contributed by atoms with Crippen LogP contribution in [0.5, 0.6) is 5.75 Å². The van der Waals surface area contributed by atoms with Crippen molar-refractivity contribution in [3.05, 3.63) is 36.5 Å². The lowest BCUT2D eigenvalue weighted by atomic mass is 10.3. The van der Waals surface area contributed by atoms with Gasteiger partial charge in [0.15, 0.2) is 5.58 Å². The second-order valence-corrected chi connectivity index (χ2v) is 3.91. The third kappa shape index (κ3) is 2.10. The predicted octanol–water partition coefficient (Wildman–Crippen LogP) is 2.94. The molecule has 0 spiro atoms. The number of anilines is 1. The SMILES string of the molecule is [3H]C([3H])([3H])Nc1ccc(-c2nc3ccc(OC)cc3o2)cn1. The van der Waals surface area contributed by atoms with E-state index in [1.165, 1.54) is 6.20 Å². The number of pyridine rings is 1. The van der Waals surface area contributed by atoms with Gasteiger partial charge in [-0.05, 0) is 24.3 Å². The Bertz CT molecular complexity index is 797. The lowest BCUT2D eigenvalue weighted by Gasteiger charge is -1.98. The first-order valence-corrected chi connectivity index (χ1v) is 5.64. The molecule has 0 aliphatic carbocycles. The van der Waals surface area contributed by atoms with Gasteiger partial charge in [0, 0.05) is 23.4 Å². The summed E-state index contributed by atoms with van der Waals surface area (Å²) >= 11 is 0. The molecule has 5 heteroatoms. The van der Waals surface area contributed by atoms with Crippen LogP contribution in [0.25, 0.3) is 22.6 Å². The van der Waals surface area contributed by atoms with Gasteiger partial charge in [-0.2, -0.15) is 0 Å². The Balaban J connectivity index is 1.90. The third-order valence-corrected chi connectivity index (χ3v) is 2.73. The lowest BCUT2D eigenvalue weighted by molar-refractivity contribution is 0.414. The highest BCUT2D eigenvalue weighted by atomic mass is 16.5. The quantitative estimate of drug-likeness (QED) is 0.785. The number of oxazole rings is 1. The highest BCUT2D eigenvalue weighted by Gasteiger charge is 2.09. The molecule has 19 heavy (non-hydrogen) atoms. The first-order valence-electron chi connectivity index (χ1n) is 7.14. The largest absolute Gasteiger partial charge is 0.497 e. The molecule has 1 aromatic carbocycles. The summed E-state index contributed by atoms with van der Waals surface area (Å²) in [7, 11) is 1.58. The standard InChI is InChI=1S/C14H13N3O2/c1-15-13-6-3-9(8-16-13)14-17-11-5-4-10(18-2)7-12(11)19-14/h3-8H,1-2H3,(H,15,16)/i1T3. The van der Waals surface area contributed by atoms with Crippen molar-refractivity contribution in [3.8, 4) is 17.2 Å². The number of hydrogen-bond acceptors (Lipinski definition) is 5. The van der Waals surface area contributed by atoms with E-state index in [1.54, 1.807) is 37.4 Å². The first-order chi connectivity index (χ1) is 10.4. The van der Waals surface area contributed by atoms with E-state index in [0.29, 0.717) is 28.3 Å². The van der Waals surface area contributed by atoms with E-state index in [1.807, 2.05) is 0 Å². The Hall–Kier alpha value is -2.56. The Morgan fingerprint density at radius 1 is 1.32 bits per heavy atom. The van der Waals surface area contributed by atoms with Crippen molar-refractivity contribution >= 4 is 16.9 Å². The molecule has 0 unspecified atom stereocenters. The van der Waals surface area contributed by atoms with Crippen molar-refractivity contribution in [2.45, 2.75) is 0 Å². The number of ether oxygens (including phenoxy) is 1. The van der Waals surface area contributed by atoms with Gasteiger partial charge in [-0.1, -0.05) is 0 Å². The second kappa shape index (κ2) is 4.61. The summed E-state index contributed by atoms with van der Waals surface area (Å²) in [6.07, 6.45) is 1.51. The average Bonchev–Trinajstić information content (AvgIpc) is 2.89. The zero-order valence-corrected chi connectivity index (χ0v) is 10.2. The van der Waals surface area contributed by atoms with Gasteiger partial charge in [0.25, 0.3) is 0 Å². The fraction of sp³-hybridized carbons (Fsp3) is 0.143. The molecule has 0 saturated carbocycles. The minimum Gasteiger partial charge on any atom is -0.497 e. The molecular formula is C14H13N3O2. The molecule has 5 nitrogen and oxygen atoms in total. The molecule has 0 bridgehead atoms. The number of fused-ring (bicyclic) bond motifs is 1. The van der Waals surface area contributed by atoms with Crippen molar-refractivity contribution in [2.75, 3.05) is 19.4 Å². The zero-order chi connectivity index (χ0) is 15.7. The summed E-state index contributed by atoms with van der Waals surface area (Å²) in [6, 6.07) is 8.62. The number of hydrogen-bond donors (Lipinski definition) is 1. The van der Waals surface area contributed by atoms with Gasteiger partial charge in [0.2, 0.25) is 5.89 Å². The Labute approximate surface area is 114 Å². The first kappa shape index (κ1) is 8.53. The van der Waals surface area contributed by atoms with E-state index in [-0.39, 0.29) is 5.82 Å². The van der Waals surface area contributed by atoms with Crippen LogP contribution < -0.4 is 10.1 Å². The molecule has 0 amide bonds. The molecule has 0 atom stereocenters. The molecule has 0 radical (unpaired) electrons. The van der Waals surface area contributed by atoms with E-state index >= 15 is 0 Å². The number of methoxy groups -OCH3 is 1. The maximum absolute atomic E-state index is 7.14. The molecule has 96 valence electrons. The summed E-state index contributed by atoms with van der Waals surface area (Å²) in [6.45, 7) is -2.28. The molecule has 1 N–H and O–H groups in total. The maximum atomic E-state index is 7.14. The van der Waals surface area contributed by atoms with Gasteiger partial charge in [0.05, 0.1) is 12.7 Å². The molecule has 0 fully saturated rings. The van der Waals surface area contributed by atoms with Gasteiger partial charge >= 0.3 is 0 Å². The van der Waals surface area contributed by atoms with Gasteiger partial charge in [-0.3, -0.25) is 0 Å². The summed E-state index contributed by atoms with van der Waals surface area (Å²) in [5, 5.41) is 2.32. The highest BCUT2D eigenvalue weighted by Crippen LogP contribution is 2.26. The molecule has 0 aliphatic heterocycles. The number of benzene rings is 1. The maximum Gasteiger partial charge on any atom is 0.228 e. The summed E-state index contributed by atoms with van der Waals surface area (Å²) in [4.78, 5) is 8.42. The van der Waals surface area contributed by atoms with Gasteiger partial charge in [-0.25, -0.2) is 9.97 Å². The van der Waals surface area contributed by atoms with Gasteiger partial charge < -0.3 is 14.5 Å². The number of nitrogens with zero attached hydrogens (tertiary/aromatic N) is 2. The van der Waals surface area contributed by atoms with Crippen LogP contribution in [0, 0.1) is 0 Å². The molecule has 2 aromatic heterocycles. The number of rotatable bonds is 3. The fourth-order valence-corrected chi connectivity index (χ4v) is 1.75. The molecule has 3 rings (SSSR count). The third-order valence-electron chi connectivity index (χ3n) is 2.73. The van der Waals surface area contributed by atoms with E-state index in [0.717, 1.165) is 0 Å². The van der Waals surface area contributed by atoms with Crippen molar-refractivity contribution < 1.29 is 13.3 Å². The van der Waals surface area contributed by atoms with Crippen LogP contribution in [0.15, 0.2) is 40.9 Å². The summed E-state index contributed by atoms with van der Waals surface area (Å²) in [5.74, 6) is 1.36. The molecule has 3 aromatic rings. The van der Waals surface area contributed by atoms with Gasteiger partial charge in [-0.15, -0.1) is 0 Å². The van der Waals surface area contributed by atoms with Crippen LogP contribution >= 0.6 is 0 Å². The average molecular weight is 261 g/mol. The van der Waals surface area contributed by atoms with Crippen molar-refractivity contribution in [1.29, 1.82) is 0 Å². The fourth-order valence-electron chi connectivity index (χ4n) is 1.75. The smallest absolute Gasteiger partial charge is 0.228 e. The van der Waals surface area contributed by atoms with Crippen LogP contribution in [0.3, 0.4) is 0 Å². The van der Waals surface area contributed by atoms with E-state index in [9.17, 15) is 0 Å². The van der Waals surface area contributed by atoms with Crippen molar-refractivity contribution in [1.82, 2.24) is 9.97 Å². The molecule has 0 aliphatic rings. The van der Waals surface area contributed by atoms with Crippen LogP contribution in [0.1, 0.15) is 4.11 Å². The number of aromatic nitrogens is 2. The molecule has 2 heterocycles. The van der Waals surface area contributed by atoms with Crippen molar-refractivity contribution in [3.63, 3.8) is 0 Å². The number of nitrogens with one attached hydrogen (secondary N) is 1. The minimum absolute atomic E-state index is 0.265. The van der Waals surface area contributed by atoms with E-state index < -0.39 is 6.98 Å². The zero-order valence-electron chi connectivity index (χ0n) is 13.2. The predicted molar refractivity (Wildman–Crippen MR) is 73.3 cm³/mol. The summed E-state index contributed by atoms with van der Waals surface area (Å²) in [5.41, 5.74) is 1.98. The van der Waals surface area contributed by atoms with Crippen LogP contribution in [-0.4, -0.2) is 24.1 Å². The lowest BCUT2D eigenvalue weighted by Crippen LogP contribution is -1.91. The summed E-state index contributed by atoms with van der Waals surface area (Å²) < 4.78 is 32.2. The Morgan fingerprint density at radius 2 is 2.26 bits per heavy atom. The van der Waals surface area contributed by atoms with Gasteiger partial charge in [0.1, 0.15) is 17.1 Å². The molecular weight excluding hydrogens is 242 g/mol. The van der Waals surface area contributed by atoms with E-state index in [4.69, 9.17) is 13.3 Å². The topological polar surface area (TPSA) is 60.2 Å².